The smallest absolute Gasteiger partial charge is 0.117 e. The number of hydrogen-bond donors (Lipinski definition) is 2. The van der Waals surface area contributed by atoms with Gasteiger partial charge in [-0.05, 0) is 6.92 Å². The second kappa shape index (κ2) is 4.34. The van der Waals surface area contributed by atoms with E-state index in [0.717, 1.165) is 5.56 Å². The Kier molecular flexibility index (Phi) is 3.39. The van der Waals surface area contributed by atoms with Crippen molar-refractivity contribution in [1.29, 1.82) is 0 Å². The average Bonchev–Trinajstić information content (AvgIpc) is 2.52. The van der Waals surface area contributed by atoms with Crippen LogP contribution in [0.5, 0.6) is 0 Å². The van der Waals surface area contributed by atoms with E-state index in [1.807, 2.05) is 6.92 Å². The number of aromatic nitrogens is 2. The molecule has 0 aromatic carbocycles. The van der Waals surface area contributed by atoms with Crippen molar-refractivity contribution >= 4 is 0 Å². The molecule has 5 heteroatoms. The van der Waals surface area contributed by atoms with Crippen LogP contribution in [-0.2, 0) is 6.54 Å². The molecular weight excluding hydrogens is 173 g/mol. The molecule has 13 heavy (non-hydrogen) atoms. The van der Waals surface area contributed by atoms with Gasteiger partial charge in [0, 0.05) is 17.8 Å². The first-order chi connectivity index (χ1) is 6.13. The lowest BCUT2D eigenvalue weighted by atomic mass is 10.2. The zero-order valence-electron chi connectivity index (χ0n) is 7.52. The van der Waals surface area contributed by atoms with E-state index in [2.05, 4.69) is 5.10 Å². The summed E-state index contributed by atoms with van der Waals surface area (Å²) in [4.78, 5) is 0. The fourth-order valence-corrected chi connectivity index (χ4v) is 0.979. The maximum absolute atomic E-state index is 11.9. The van der Waals surface area contributed by atoms with E-state index in [-0.39, 0.29) is 12.6 Å². The molecule has 0 fully saturated rings. The van der Waals surface area contributed by atoms with Gasteiger partial charge >= 0.3 is 0 Å². The highest BCUT2D eigenvalue weighted by Crippen LogP contribution is 2.07. The summed E-state index contributed by atoms with van der Waals surface area (Å²) >= 11 is 0. The molecule has 1 aromatic rings. The normalized spacial score (nSPS) is 15.7. The third kappa shape index (κ3) is 2.78. The zero-order chi connectivity index (χ0) is 9.84. The molecule has 0 radical (unpaired) electrons. The maximum atomic E-state index is 11.9. The predicted molar refractivity (Wildman–Crippen MR) is 46.8 cm³/mol. The van der Waals surface area contributed by atoms with Crippen molar-refractivity contribution < 1.29 is 9.50 Å². The third-order valence-corrected chi connectivity index (χ3v) is 1.75. The molecule has 3 N–H and O–H groups in total. The maximum Gasteiger partial charge on any atom is 0.117 e. The Labute approximate surface area is 76.2 Å². The first-order valence-electron chi connectivity index (χ1n) is 4.15. The number of aliphatic hydroxyl groups excluding tert-OH is 1. The molecule has 1 aromatic heterocycles. The van der Waals surface area contributed by atoms with Crippen molar-refractivity contribution in [2.24, 2.45) is 5.73 Å². The standard InChI is InChI=1S/C8H14FN3O/c1-6(10)7-3-11-12(4-7)5-8(13)2-9/h3-4,6,8,13H,2,5,10H2,1H3. The third-order valence-electron chi connectivity index (χ3n) is 1.75. The van der Waals surface area contributed by atoms with Crippen molar-refractivity contribution in [2.75, 3.05) is 6.67 Å². The fraction of sp³-hybridized carbons (Fsp3) is 0.625. The number of nitrogens with two attached hydrogens (primary N) is 1. The highest BCUT2D eigenvalue weighted by Gasteiger charge is 2.07. The van der Waals surface area contributed by atoms with Gasteiger partial charge in [0.2, 0.25) is 0 Å². The summed E-state index contributed by atoms with van der Waals surface area (Å²) in [5.41, 5.74) is 6.48. The van der Waals surface area contributed by atoms with E-state index in [1.165, 1.54) is 4.68 Å². The topological polar surface area (TPSA) is 64.1 Å². The monoisotopic (exact) mass is 187 g/mol. The number of nitrogens with zero attached hydrogens (tertiary/aromatic N) is 2. The SMILES string of the molecule is CC(N)c1cnn(CC(O)CF)c1. The van der Waals surface area contributed by atoms with Crippen LogP contribution in [0.1, 0.15) is 18.5 Å². The molecule has 0 aliphatic heterocycles. The van der Waals surface area contributed by atoms with Gasteiger partial charge in [0.1, 0.15) is 12.8 Å². The summed E-state index contributed by atoms with van der Waals surface area (Å²) < 4.78 is 13.4. The number of halogens is 1. The molecule has 1 rings (SSSR count). The molecule has 1 heterocycles. The summed E-state index contributed by atoms with van der Waals surface area (Å²) in [5.74, 6) is 0. The van der Waals surface area contributed by atoms with Crippen LogP contribution in [0, 0.1) is 0 Å². The minimum Gasteiger partial charge on any atom is -0.388 e. The molecule has 2 atom stereocenters. The van der Waals surface area contributed by atoms with E-state index in [0.29, 0.717) is 0 Å². The van der Waals surface area contributed by atoms with Crippen LogP contribution in [0.25, 0.3) is 0 Å². The van der Waals surface area contributed by atoms with Crippen molar-refractivity contribution in [2.45, 2.75) is 25.6 Å². The van der Waals surface area contributed by atoms with Crippen molar-refractivity contribution in [3.05, 3.63) is 18.0 Å². The minimum absolute atomic E-state index is 0.0868. The Morgan fingerprint density at radius 2 is 2.46 bits per heavy atom. The quantitative estimate of drug-likeness (QED) is 0.709. The van der Waals surface area contributed by atoms with Crippen LogP contribution >= 0.6 is 0 Å². The van der Waals surface area contributed by atoms with Crippen LogP contribution in [0.3, 0.4) is 0 Å². The van der Waals surface area contributed by atoms with Gasteiger partial charge in [-0.25, -0.2) is 4.39 Å². The lowest BCUT2D eigenvalue weighted by Gasteiger charge is -2.05. The fourth-order valence-electron chi connectivity index (χ4n) is 0.979. The van der Waals surface area contributed by atoms with Gasteiger partial charge in [0.05, 0.1) is 12.7 Å². The van der Waals surface area contributed by atoms with Gasteiger partial charge in [-0.3, -0.25) is 4.68 Å². The van der Waals surface area contributed by atoms with Crippen LogP contribution in [0.15, 0.2) is 12.4 Å². The van der Waals surface area contributed by atoms with E-state index in [1.54, 1.807) is 12.4 Å². The second-order valence-corrected chi connectivity index (χ2v) is 3.09. The van der Waals surface area contributed by atoms with Crippen LogP contribution < -0.4 is 5.73 Å². The lowest BCUT2D eigenvalue weighted by Crippen LogP contribution is -2.18. The molecule has 0 saturated carbocycles. The molecular formula is C8H14FN3O. The Hall–Kier alpha value is -0.940. The summed E-state index contributed by atoms with van der Waals surface area (Å²) in [7, 11) is 0. The van der Waals surface area contributed by atoms with Gasteiger partial charge in [0.25, 0.3) is 0 Å². The van der Waals surface area contributed by atoms with Gasteiger partial charge in [-0.15, -0.1) is 0 Å². The highest BCUT2D eigenvalue weighted by molar-refractivity contribution is 5.08. The number of rotatable bonds is 4. The molecule has 0 saturated heterocycles. The van der Waals surface area contributed by atoms with Gasteiger partial charge in [-0.2, -0.15) is 5.10 Å². The molecule has 0 bridgehead atoms. The summed E-state index contributed by atoms with van der Waals surface area (Å²) in [6.45, 7) is 1.25. The van der Waals surface area contributed by atoms with Crippen molar-refractivity contribution in [3.8, 4) is 0 Å². The van der Waals surface area contributed by atoms with Gasteiger partial charge < -0.3 is 10.8 Å². The summed E-state index contributed by atoms with van der Waals surface area (Å²) in [5, 5.41) is 12.9. The summed E-state index contributed by atoms with van der Waals surface area (Å²) in [6.07, 6.45) is 2.35. The Morgan fingerprint density at radius 1 is 1.77 bits per heavy atom. The molecule has 74 valence electrons. The molecule has 0 aliphatic carbocycles. The Morgan fingerprint density at radius 3 is 2.92 bits per heavy atom. The predicted octanol–water partition coefficient (Wildman–Crippen LogP) is 0.233. The largest absolute Gasteiger partial charge is 0.388 e. The zero-order valence-corrected chi connectivity index (χ0v) is 7.52. The van der Waals surface area contributed by atoms with Crippen LogP contribution in [-0.4, -0.2) is 27.7 Å². The number of aliphatic hydroxyl groups is 1. The molecule has 0 spiro atoms. The van der Waals surface area contributed by atoms with E-state index < -0.39 is 12.8 Å². The molecule has 0 aliphatic rings. The van der Waals surface area contributed by atoms with Gasteiger partial charge in [-0.1, -0.05) is 0 Å². The average molecular weight is 187 g/mol. The van der Waals surface area contributed by atoms with E-state index >= 15 is 0 Å². The molecule has 0 amide bonds. The highest BCUT2D eigenvalue weighted by atomic mass is 19.1. The summed E-state index contributed by atoms with van der Waals surface area (Å²) in [6, 6.07) is -0.0868. The van der Waals surface area contributed by atoms with E-state index in [9.17, 15) is 4.39 Å². The Balaban J connectivity index is 2.58. The van der Waals surface area contributed by atoms with Gasteiger partial charge in [0.15, 0.2) is 0 Å². The lowest BCUT2D eigenvalue weighted by molar-refractivity contribution is 0.118. The molecule has 4 nitrogen and oxygen atoms in total. The second-order valence-electron chi connectivity index (χ2n) is 3.09. The van der Waals surface area contributed by atoms with Crippen LogP contribution in [0.4, 0.5) is 4.39 Å². The van der Waals surface area contributed by atoms with E-state index in [4.69, 9.17) is 10.8 Å². The first-order valence-corrected chi connectivity index (χ1v) is 4.15. The number of hydrogen-bond acceptors (Lipinski definition) is 3. The van der Waals surface area contributed by atoms with Crippen LogP contribution in [0.2, 0.25) is 0 Å². The molecule has 2 unspecified atom stereocenters. The van der Waals surface area contributed by atoms with Crippen molar-refractivity contribution in [1.82, 2.24) is 9.78 Å². The first kappa shape index (κ1) is 10.1. The minimum atomic E-state index is -0.985. The number of alkyl halides is 1. The van der Waals surface area contributed by atoms with Crippen molar-refractivity contribution in [3.63, 3.8) is 0 Å². The Bertz CT molecular complexity index is 262.